The van der Waals surface area contributed by atoms with Crippen LogP contribution in [-0.4, -0.2) is 54.5 Å². The van der Waals surface area contributed by atoms with Crippen LogP contribution < -0.4 is 10.6 Å². The zero-order chi connectivity index (χ0) is 25.9. The lowest BCUT2D eigenvalue weighted by Crippen LogP contribution is -2.60. The van der Waals surface area contributed by atoms with Gasteiger partial charge in [0.2, 0.25) is 5.91 Å². The molecule has 3 atom stereocenters. The van der Waals surface area contributed by atoms with E-state index in [0.29, 0.717) is 24.1 Å². The fraction of sp³-hybridized carbons (Fsp3) is 0.556. The number of amides is 2. The summed E-state index contributed by atoms with van der Waals surface area (Å²) in [5.74, 6) is -0.670. The maximum absolute atomic E-state index is 13.9. The fourth-order valence-corrected chi connectivity index (χ4v) is 4.00. The molecule has 0 heterocycles. The monoisotopic (exact) mass is 473 g/mol. The number of nitrogens with one attached hydrogen (secondary N) is 2. The Balaban J connectivity index is 2.98. The number of ether oxygens (including phenoxy) is 1. The molecule has 1 rings (SSSR count). The Kier molecular flexibility index (Phi) is 11.7. The van der Waals surface area contributed by atoms with E-state index in [9.17, 15) is 14.8 Å². The van der Waals surface area contributed by atoms with E-state index in [1.54, 1.807) is 27.0 Å². The predicted octanol–water partition coefficient (Wildman–Crippen LogP) is 4.44. The van der Waals surface area contributed by atoms with Gasteiger partial charge in [0, 0.05) is 24.7 Å². The quantitative estimate of drug-likeness (QED) is 0.136. The maximum atomic E-state index is 13.9. The zero-order valence-electron chi connectivity index (χ0n) is 21.8. The molecule has 2 N–H and O–H groups in total. The van der Waals surface area contributed by atoms with Gasteiger partial charge in [0.05, 0.1) is 6.54 Å². The molecule has 1 aliphatic rings. The van der Waals surface area contributed by atoms with Crippen LogP contribution >= 0.6 is 0 Å². The SMILES string of the molecule is C=C(/C=C\CC)C[N+]([O-])(CC)C1CC(C(=O)NC(C)(C)NC(=O)C(=C)/C=C\CC)=CC[C@H]1OC. The molecule has 190 valence electrons. The number of hydrogen-bond acceptors (Lipinski definition) is 4. The van der Waals surface area contributed by atoms with Crippen molar-refractivity contribution in [3.8, 4) is 0 Å². The minimum atomic E-state index is -1.00. The third-order valence-electron chi connectivity index (χ3n) is 5.95. The lowest BCUT2D eigenvalue weighted by molar-refractivity contribution is -0.902. The predicted molar refractivity (Wildman–Crippen MR) is 138 cm³/mol. The third kappa shape index (κ3) is 8.70. The molecule has 0 aliphatic heterocycles. The van der Waals surface area contributed by atoms with Gasteiger partial charge in [0.25, 0.3) is 5.91 Å². The number of carbonyl (C=O) groups is 2. The highest BCUT2D eigenvalue weighted by Gasteiger charge is 2.40. The van der Waals surface area contributed by atoms with E-state index in [0.717, 1.165) is 18.4 Å². The Hall–Kier alpha value is -2.48. The largest absolute Gasteiger partial charge is 0.632 e. The molecule has 0 aromatic carbocycles. The van der Waals surface area contributed by atoms with Crippen molar-refractivity contribution >= 4 is 11.8 Å². The van der Waals surface area contributed by atoms with Crippen molar-refractivity contribution < 1.29 is 19.0 Å². The van der Waals surface area contributed by atoms with E-state index in [1.165, 1.54) is 0 Å². The van der Waals surface area contributed by atoms with E-state index in [4.69, 9.17) is 4.74 Å². The topological polar surface area (TPSA) is 90.5 Å². The minimum Gasteiger partial charge on any atom is -0.632 e. The highest BCUT2D eigenvalue weighted by molar-refractivity contribution is 5.97. The summed E-state index contributed by atoms with van der Waals surface area (Å²) in [4.78, 5) is 25.5. The summed E-state index contributed by atoms with van der Waals surface area (Å²) >= 11 is 0. The van der Waals surface area contributed by atoms with Gasteiger partial charge in [0.15, 0.2) is 0 Å². The van der Waals surface area contributed by atoms with E-state index in [-0.39, 0.29) is 30.9 Å². The Labute approximate surface area is 205 Å². The van der Waals surface area contributed by atoms with Crippen molar-refractivity contribution in [3.63, 3.8) is 0 Å². The summed E-state index contributed by atoms with van der Waals surface area (Å²) < 4.78 is 5.13. The zero-order valence-corrected chi connectivity index (χ0v) is 21.8. The smallest absolute Gasteiger partial charge is 0.252 e. The van der Waals surface area contributed by atoms with Gasteiger partial charge in [-0.25, -0.2) is 0 Å². The number of rotatable bonds is 13. The van der Waals surface area contributed by atoms with Crippen LogP contribution in [-0.2, 0) is 14.3 Å². The number of methoxy groups -OCH3 is 1. The molecule has 7 nitrogen and oxygen atoms in total. The first kappa shape index (κ1) is 29.6. The number of allylic oxidation sites excluding steroid dienone is 2. The average molecular weight is 474 g/mol. The molecule has 0 radical (unpaired) electrons. The molecule has 0 spiro atoms. The van der Waals surface area contributed by atoms with E-state index >= 15 is 0 Å². The van der Waals surface area contributed by atoms with Crippen molar-refractivity contribution in [2.45, 2.75) is 78.1 Å². The van der Waals surface area contributed by atoms with Crippen molar-refractivity contribution in [1.29, 1.82) is 0 Å². The second-order valence-corrected chi connectivity index (χ2v) is 9.28. The second-order valence-electron chi connectivity index (χ2n) is 9.28. The lowest BCUT2D eigenvalue weighted by Gasteiger charge is -2.51. The van der Waals surface area contributed by atoms with Gasteiger partial charge in [-0.1, -0.05) is 57.4 Å². The summed E-state index contributed by atoms with van der Waals surface area (Å²) in [5.41, 5.74) is 0.596. The molecule has 34 heavy (non-hydrogen) atoms. The molecule has 0 saturated carbocycles. The van der Waals surface area contributed by atoms with Crippen LogP contribution in [0, 0.1) is 5.21 Å². The van der Waals surface area contributed by atoms with Crippen LogP contribution in [0.4, 0.5) is 0 Å². The standard InChI is InChI=1S/C27H43N3O4/c1-9-12-14-20(4)19-30(33,11-3)23-18-22(16-17-24(23)34-8)26(32)29-27(6,7)28-25(31)21(5)15-13-10-2/h12-16,23-24H,4-5,9-11,17-19H2,1-3,6-8H3,(H,28,31)(H,29,32)/b14-12-,15-13-/t23?,24-,30?/m1/s1. The second kappa shape index (κ2) is 13.4. The number of quaternary nitrogens is 1. The molecule has 0 aromatic rings. The molecule has 2 unspecified atom stereocenters. The molecule has 1 aliphatic carbocycles. The maximum Gasteiger partial charge on any atom is 0.252 e. The van der Waals surface area contributed by atoms with Gasteiger partial charge >= 0.3 is 0 Å². The van der Waals surface area contributed by atoms with Crippen LogP contribution in [0.3, 0.4) is 0 Å². The van der Waals surface area contributed by atoms with Crippen molar-refractivity contribution in [1.82, 2.24) is 10.6 Å². The summed E-state index contributed by atoms with van der Waals surface area (Å²) in [7, 11) is 1.60. The molecule has 7 heteroatoms. The first-order chi connectivity index (χ1) is 15.9. The Morgan fingerprint density at radius 3 is 2.35 bits per heavy atom. The third-order valence-corrected chi connectivity index (χ3v) is 5.95. The van der Waals surface area contributed by atoms with Crippen LogP contribution in [0.5, 0.6) is 0 Å². The summed E-state index contributed by atoms with van der Waals surface area (Å²) in [6.45, 7) is 17.7. The fourth-order valence-electron chi connectivity index (χ4n) is 4.00. The normalized spacial score (nSPS) is 20.6. The molecular formula is C27H43N3O4. The number of likely N-dealkylation sites (N-methyl/N-ethyl adjacent to an activating group) is 1. The van der Waals surface area contributed by atoms with E-state index in [2.05, 4.69) is 23.8 Å². The minimum absolute atomic E-state index is 0.237. The van der Waals surface area contributed by atoms with Gasteiger partial charge in [-0.2, -0.15) is 0 Å². The molecule has 0 bridgehead atoms. The Morgan fingerprint density at radius 2 is 1.79 bits per heavy atom. The first-order valence-electron chi connectivity index (χ1n) is 12.1. The molecule has 0 saturated heterocycles. The Morgan fingerprint density at radius 1 is 1.18 bits per heavy atom. The van der Waals surface area contributed by atoms with Gasteiger partial charge in [0.1, 0.15) is 24.4 Å². The van der Waals surface area contributed by atoms with Gasteiger partial charge in [-0.3, -0.25) is 9.59 Å². The van der Waals surface area contributed by atoms with Crippen molar-refractivity contribution in [2.24, 2.45) is 0 Å². The lowest BCUT2D eigenvalue weighted by atomic mass is 9.89. The number of hydroxylamine groups is 3. The van der Waals surface area contributed by atoms with E-state index in [1.807, 2.05) is 45.1 Å². The van der Waals surface area contributed by atoms with Crippen LogP contribution in [0.1, 0.15) is 60.3 Å². The molecule has 0 aromatic heterocycles. The number of nitrogens with zero attached hydrogens (tertiary/aromatic N) is 1. The molecular weight excluding hydrogens is 430 g/mol. The van der Waals surface area contributed by atoms with Crippen LogP contribution in [0.15, 0.2) is 60.3 Å². The van der Waals surface area contributed by atoms with Crippen LogP contribution in [0.25, 0.3) is 0 Å². The average Bonchev–Trinajstić information content (AvgIpc) is 2.79. The van der Waals surface area contributed by atoms with Crippen LogP contribution in [0.2, 0.25) is 0 Å². The summed E-state index contributed by atoms with van der Waals surface area (Å²) in [6.07, 6.45) is 11.3. The summed E-state index contributed by atoms with van der Waals surface area (Å²) in [5, 5.41) is 19.5. The highest BCUT2D eigenvalue weighted by atomic mass is 16.6. The van der Waals surface area contributed by atoms with E-state index < -0.39 is 16.4 Å². The molecule has 2 amide bonds. The number of hydrogen-bond donors (Lipinski definition) is 2. The first-order valence-corrected chi connectivity index (χ1v) is 12.1. The van der Waals surface area contributed by atoms with Crippen molar-refractivity contribution in [2.75, 3.05) is 20.2 Å². The van der Waals surface area contributed by atoms with Gasteiger partial charge in [-0.05, 0) is 45.6 Å². The summed E-state index contributed by atoms with van der Waals surface area (Å²) in [6, 6.07) is -0.441. The van der Waals surface area contributed by atoms with Gasteiger partial charge < -0.3 is 25.2 Å². The Bertz CT molecular complexity index is 841. The van der Waals surface area contributed by atoms with Gasteiger partial charge in [-0.15, -0.1) is 0 Å². The highest BCUT2D eigenvalue weighted by Crippen LogP contribution is 2.31. The van der Waals surface area contributed by atoms with Crippen molar-refractivity contribution in [3.05, 3.63) is 65.5 Å². The molecule has 0 fully saturated rings. The number of carbonyl (C=O) groups excluding carboxylic acids is 2.